The molecule has 1 aliphatic rings. The number of carbonyl (C=O) groups excluding carboxylic acids is 4. The quantitative estimate of drug-likeness (QED) is 0.447. The molecule has 2 N–H and O–H groups in total. The number of carbonyl (C=O) groups is 5. The molecule has 0 radical (unpaired) electrons. The Morgan fingerprint density at radius 1 is 1.20 bits per heavy atom. The standard InChI is InChI=1S/C19H23N3O8/c1-12(20-19(28)30-11-13-6-4-3-5-7-13)16(25)22-9-8-21(10-14(23)24)17(26)15(22)18(27)29-2/h3-7,12,15H,8-11H2,1-2H3,(H,20,28)(H,23,24). The lowest BCUT2D eigenvalue weighted by Gasteiger charge is -2.39. The fourth-order valence-corrected chi connectivity index (χ4v) is 2.92. The van der Waals surface area contributed by atoms with Crippen molar-refractivity contribution in [2.24, 2.45) is 0 Å². The van der Waals surface area contributed by atoms with Crippen LogP contribution >= 0.6 is 0 Å². The highest BCUT2D eigenvalue weighted by Gasteiger charge is 2.44. The summed E-state index contributed by atoms with van der Waals surface area (Å²) in [4.78, 5) is 62.2. The van der Waals surface area contributed by atoms with Gasteiger partial charge in [-0.25, -0.2) is 9.59 Å². The van der Waals surface area contributed by atoms with Gasteiger partial charge < -0.3 is 29.7 Å². The van der Waals surface area contributed by atoms with E-state index in [9.17, 15) is 24.0 Å². The normalized spacial score (nSPS) is 17.1. The maximum absolute atomic E-state index is 12.8. The molecule has 1 saturated heterocycles. The molecule has 1 heterocycles. The number of rotatable bonds is 7. The van der Waals surface area contributed by atoms with E-state index in [0.717, 1.165) is 22.5 Å². The lowest BCUT2D eigenvalue weighted by Crippen LogP contribution is -2.64. The Labute approximate surface area is 172 Å². The monoisotopic (exact) mass is 421 g/mol. The summed E-state index contributed by atoms with van der Waals surface area (Å²) < 4.78 is 9.66. The Morgan fingerprint density at radius 3 is 2.47 bits per heavy atom. The van der Waals surface area contributed by atoms with Crippen LogP contribution in [0.25, 0.3) is 0 Å². The van der Waals surface area contributed by atoms with Crippen molar-refractivity contribution in [2.45, 2.75) is 25.6 Å². The van der Waals surface area contributed by atoms with Crippen molar-refractivity contribution in [3.05, 3.63) is 35.9 Å². The Hall–Kier alpha value is -3.63. The molecular formula is C19H23N3O8. The van der Waals surface area contributed by atoms with Crippen LogP contribution in [-0.2, 0) is 35.3 Å². The molecule has 2 unspecified atom stereocenters. The van der Waals surface area contributed by atoms with Crippen LogP contribution < -0.4 is 5.32 Å². The number of nitrogens with one attached hydrogen (secondary N) is 1. The Kier molecular flexibility index (Phi) is 7.73. The molecule has 30 heavy (non-hydrogen) atoms. The lowest BCUT2D eigenvalue weighted by atomic mass is 10.1. The first-order chi connectivity index (χ1) is 14.2. The summed E-state index contributed by atoms with van der Waals surface area (Å²) >= 11 is 0. The van der Waals surface area contributed by atoms with Gasteiger partial charge in [-0.2, -0.15) is 0 Å². The summed E-state index contributed by atoms with van der Waals surface area (Å²) in [5.41, 5.74) is 0.762. The van der Waals surface area contributed by atoms with Gasteiger partial charge in [-0.3, -0.25) is 14.4 Å². The van der Waals surface area contributed by atoms with Gasteiger partial charge >= 0.3 is 18.0 Å². The Bertz CT molecular complexity index is 813. The molecule has 2 rings (SSSR count). The van der Waals surface area contributed by atoms with E-state index in [2.05, 4.69) is 10.1 Å². The molecule has 1 aromatic carbocycles. The summed E-state index contributed by atoms with van der Waals surface area (Å²) in [5, 5.41) is 11.3. The smallest absolute Gasteiger partial charge is 0.408 e. The Morgan fingerprint density at radius 2 is 1.87 bits per heavy atom. The van der Waals surface area contributed by atoms with E-state index in [1.165, 1.54) is 6.92 Å². The summed E-state index contributed by atoms with van der Waals surface area (Å²) in [6.45, 7) is 0.617. The second-order valence-electron chi connectivity index (χ2n) is 6.54. The maximum Gasteiger partial charge on any atom is 0.408 e. The maximum atomic E-state index is 12.8. The number of hydrogen-bond acceptors (Lipinski definition) is 7. The van der Waals surface area contributed by atoms with E-state index in [4.69, 9.17) is 9.84 Å². The second-order valence-corrected chi connectivity index (χ2v) is 6.54. The van der Waals surface area contributed by atoms with Crippen LogP contribution in [-0.4, -0.2) is 83.6 Å². The van der Waals surface area contributed by atoms with Crippen molar-refractivity contribution in [2.75, 3.05) is 26.7 Å². The minimum absolute atomic E-state index is 0.00468. The number of alkyl carbamates (subject to hydrolysis) is 1. The molecule has 0 spiro atoms. The number of carboxylic acid groups (broad SMARTS) is 1. The zero-order valence-electron chi connectivity index (χ0n) is 16.6. The number of esters is 1. The SMILES string of the molecule is COC(=O)C1C(=O)N(CC(=O)O)CCN1C(=O)C(C)NC(=O)OCc1ccccc1. The first-order valence-corrected chi connectivity index (χ1v) is 9.10. The number of nitrogens with zero attached hydrogens (tertiary/aromatic N) is 2. The number of aliphatic carboxylic acids is 1. The van der Waals surface area contributed by atoms with Crippen molar-refractivity contribution in [3.8, 4) is 0 Å². The van der Waals surface area contributed by atoms with Crippen molar-refractivity contribution < 1.29 is 38.6 Å². The molecule has 1 aliphatic heterocycles. The molecule has 1 fully saturated rings. The van der Waals surface area contributed by atoms with E-state index in [1.807, 2.05) is 6.07 Å². The van der Waals surface area contributed by atoms with Crippen molar-refractivity contribution in [1.82, 2.24) is 15.1 Å². The van der Waals surface area contributed by atoms with Gasteiger partial charge in [0, 0.05) is 13.1 Å². The van der Waals surface area contributed by atoms with Gasteiger partial charge in [0.05, 0.1) is 7.11 Å². The fourth-order valence-electron chi connectivity index (χ4n) is 2.92. The van der Waals surface area contributed by atoms with Crippen LogP contribution in [0, 0.1) is 0 Å². The van der Waals surface area contributed by atoms with Crippen molar-refractivity contribution in [1.29, 1.82) is 0 Å². The van der Waals surface area contributed by atoms with Gasteiger partial charge in [-0.1, -0.05) is 30.3 Å². The predicted octanol–water partition coefficient (Wildman–Crippen LogP) is -0.402. The number of piperazine rings is 1. The van der Waals surface area contributed by atoms with Crippen LogP contribution in [0.15, 0.2) is 30.3 Å². The van der Waals surface area contributed by atoms with Crippen LogP contribution in [0.3, 0.4) is 0 Å². The predicted molar refractivity (Wildman–Crippen MR) is 101 cm³/mol. The van der Waals surface area contributed by atoms with E-state index in [0.29, 0.717) is 0 Å². The summed E-state index contributed by atoms with van der Waals surface area (Å²) in [6.07, 6.45) is -0.842. The molecular weight excluding hydrogens is 398 g/mol. The molecule has 11 heteroatoms. The van der Waals surface area contributed by atoms with Crippen LogP contribution in [0.4, 0.5) is 4.79 Å². The molecule has 2 atom stereocenters. The molecule has 3 amide bonds. The van der Waals surface area contributed by atoms with Gasteiger partial charge in [-0.05, 0) is 12.5 Å². The van der Waals surface area contributed by atoms with Gasteiger partial charge in [0.2, 0.25) is 11.9 Å². The number of benzene rings is 1. The van der Waals surface area contributed by atoms with E-state index >= 15 is 0 Å². The summed E-state index contributed by atoms with van der Waals surface area (Å²) in [5.74, 6) is -3.81. The number of hydrogen-bond donors (Lipinski definition) is 2. The number of ether oxygens (including phenoxy) is 2. The minimum Gasteiger partial charge on any atom is -0.480 e. The van der Waals surface area contributed by atoms with Gasteiger partial charge in [0.1, 0.15) is 19.2 Å². The lowest BCUT2D eigenvalue weighted by molar-refractivity contribution is -0.167. The van der Waals surface area contributed by atoms with E-state index in [-0.39, 0.29) is 19.7 Å². The summed E-state index contributed by atoms with van der Waals surface area (Å²) in [7, 11) is 1.05. The van der Waals surface area contributed by atoms with E-state index < -0.39 is 48.5 Å². The van der Waals surface area contributed by atoms with E-state index in [1.54, 1.807) is 24.3 Å². The van der Waals surface area contributed by atoms with Gasteiger partial charge in [0.15, 0.2) is 0 Å². The third-order valence-electron chi connectivity index (χ3n) is 4.42. The highest BCUT2D eigenvalue weighted by molar-refractivity contribution is 6.06. The first-order valence-electron chi connectivity index (χ1n) is 9.10. The molecule has 0 bridgehead atoms. The second kappa shape index (κ2) is 10.2. The highest BCUT2D eigenvalue weighted by Crippen LogP contribution is 2.15. The third kappa shape index (κ3) is 5.69. The number of carboxylic acids is 1. The molecule has 0 aromatic heterocycles. The van der Waals surface area contributed by atoms with Crippen LogP contribution in [0.1, 0.15) is 12.5 Å². The average Bonchev–Trinajstić information content (AvgIpc) is 2.72. The van der Waals surface area contributed by atoms with Crippen molar-refractivity contribution in [3.63, 3.8) is 0 Å². The summed E-state index contributed by atoms with van der Waals surface area (Å²) in [6, 6.07) is 6.21. The number of amides is 3. The zero-order valence-corrected chi connectivity index (χ0v) is 16.6. The van der Waals surface area contributed by atoms with Crippen LogP contribution in [0.2, 0.25) is 0 Å². The topological polar surface area (TPSA) is 143 Å². The largest absolute Gasteiger partial charge is 0.480 e. The molecule has 0 saturated carbocycles. The molecule has 1 aromatic rings. The minimum atomic E-state index is -1.62. The van der Waals surface area contributed by atoms with Crippen molar-refractivity contribution >= 4 is 29.8 Å². The average molecular weight is 421 g/mol. The zero-order chi connectivity index (χ0) is 22.3. The molecule has 0 aliphatic carbocycles. The first kappa shape index (κ1) is 22.7. The molecule has 162 valence electrons. The number of methoxy groups -OCH3 is 1. The van der Waals surface area contributed by atoms with Crippen LogP contribution in [0.5, 0.6) is 0 Å². The van der Waals surface area contributed by atoms with Gasteiger partial charge in [0.25, 0.3) is 5.91 Å². The highest BCUT2D eigenvalue weighted by atomic mass is 16.5. The van der Waals surface area contributed by atoms with Gasteiger partial charge in [-0.15, -0.1) is 0 Å². The fraction of sp³-hybridized carbons (Fsp3) is 0.421. The third-order valence-corrected chi connectivity index (χ3v) is 4.42. The Balaban J connectivity index is 2.01. The molecule has 11 nitrogen and oxygen atoms in total.